The summed E-state index contributed by atoms with van der Waals surface area (Å²) in [6.07, 6.45) is 2.29. The van der Waals surface area contributed by atoms with Crippen molar-refractivity contribution in [3.63, 3.8) is 0 Å². The van der Waals surface area contributed by atoms with Crippen molar-refractivity contribution in [2.75, 3.05) is 25.1 Å². The Labute approximate surface area is 78.3 Å². The number of hydrogen-bond acceptors (Lipinski definition) is 3. The van der Waals surface area contributed by atoms with E-state index >= 15 is 0 Å². The minimum absolute atomic E-state index is 0.392. The zero-order valence-corrected chi connectivity index (χ0v) is 8.03. The Morgan fingerprint density at radius 3 is 2.77 bits per heavy atom. The fraction of sp³-hybridized carbons (Fsp3) is 0.500. The smallest absolute Gasteiger partial charge is 0.128 e. The third-order valence-electron chi connectivity index (χ3n) is 2.40. The van der Waals surface area contributed by atoms with Gasteiger partial charge in [0, 0.05) is 26.4 Å². The Bertz CT molecular complexity index is 277. The number of pyridine rings is 1. The first-order chi connectivity index (χ1) is 6.29. The zero-order chi connectivity index (χ0) is 9.26. The first-order valence-electron chi connectivity index (χ1n) is 4.50. The highest BCUT2D eigenvalue weighted by atomic mass is 16.5. The van der Waals surface area contributed by atoms with Gasteiger partial charge in [0.1, 0.15) is 5.82 Å². The van der Waals surface area contributed by atoms with E-state index in [1.807, 2.05) is 13.1 Å². The Morgan fingerprint density at radius 1 is 1.46 bits per heavy atom. The predicted octanol–water partition coefficient (Wildman–Crippen LogP) is 1.23. The minimum Gasteiger partial charge on any atom is -0.378 e. The molecule has 0 amide bonds. The standard InChI is InChI=1S/C10H14N2O/c1-8-3-4-10(11-5-8)12-6-9(7-12)13-2/h3-5,9H,6-7H2,1-2H3. The third kappa shape index (κ3) is 1.65. The van der Waals surface area contributed by atoms with Gasteiger partial charge in [0.05, 0.1) is 6.10 Å². The molecule has 13 heavy (non-hydrogen) atoms. The minimum atomic E-state index is 0.392. The molecule has 70 valence electrons. The highest BCUT2D eigenvalue weighted by molar-refractivity contribution is 5.42. The number of ether oxygens (including phenoxy) is 1. The van der Waals surface area contributed by atoms with Gasteiger partial charge in [0.2, 0.25) is 0 Å². The van der Waals surface area contributed by atoms with Crippen LogP contribution >= 0.6 is 0 Å². The molecule has 0 aliphatic carbocycles. The second kappa shape index (κ2) is 3.34. The van der Waals surface area contributed by atoms with Gasteiger partial charge in [0.25, 0.3) is 0 Å². The molecule has 1 aromatic rings. The van der Waals surface area contributed by atoms with E-state index in [2.05, 4.69) is 22.0 Å². The number of aryl methyl sites for hydroxylation is 1. The summed E-state index contributed by atoms with van der Waals surface area (Å²) in [6.45, 7) is 3.98. The maximum atomic E-state index is 5.19. The second-order valence-corrected chi connectivity index (χ2v) is 3.46. The second-order valence-electron chi connectivity index (χ2n) is 3.46. The molecule has 0 unspecified atom stereocenters. The van der Waals surface area contributed by atoms with Gasteiger partial charge in [-0.25, -0.2) is 4.98 Å². The van der Waals surface area contributed by atoms with Crippen LogP contribution in [-0.2, 0) is 4.74 Å². The van der Waals surface area contributed by atoms with E-state index in [1.54, 1.807) is 7.11 Å². The average Bonchev–Trinajstić information content (AvgIpc) is 2.06. The van der Waals surface area contributed by atoms with Crippen molar-refractivity contribution in [1.82, 2.24) is 4.98 Å². The lowest BCUT2D eigenvalue weighted by molar-refractivity contribution is 0.0783. The van der Waals surface area contributed by atoms with Gasteiger partial charge >= 0.3 is 0 Å². The summed E-state index contributed by atoms with van der Waals surface area (Å²) in [5, 5.41) is 0. The van der Waals surface area contributed by atoms with Crippen LogP contribution in [0.3, 0.4) is 0 Å². The van der Waals surface area contributed by atoms with E-state index in [0.29, 0.717) is 6.10 Å². The van der Waals surface area contributed by atoms with Gasteiger partial charge in [-0.3, -0.25) is 0 Å². The van der Waals surface area contributed by atoms with Crippen molar-refractivity contribution in [2.45, 2.75) is 13.0 Å². The van der Waals surface area contributed by atoms with E-state index in [9.17, 15) is 0 Å². The topological polar surface area (TPSA) is 25.4 Å². The van der Waals surface area contributed by atoms with Crippen molar-refractivity contribution in [1.29, 1.82) is 0 Å². The molecule has 0 N–H and O–H groups in total. The van der Waals surface area contributed by atoms with E-state index in [-0.39, 0.29) is 0 Å². The summed E-state index contributed by atoms with van der Waals surface area (Å²) >= 11 is 0. The molecule has 0 atom stereocenters. The van der Waals surface area contributed by atoms with Crippen molar-refractivity contribution >= 4 is 5.82 Å². The molecule has 0 bridgehead atoms. The lowest BCUT2D eigenvalue weighted by Crippen LogP contribution is -2.52. The highest BCUT2D eigenvalue weighted by Crippen LogP contribution is 2.19. The van der Waals surface area contributed by atoms with Crippen LogP contribution in [0.1, 0.15) is 5.56 Å². The molecule has 0 saturated carbocycles. The predicted molar refractivity (Wildman–Crippen MR) is 52.0 cm³/mol. The average molecular weight is 178 g/mol. The maximum absolute atomic E-state index is 5.19. The number of hydrogen-bond donors (Lipinski definition) is 0. The first kappa shape index (κ1) is 8.51. The summed E-state index contributed by atoms with van der Waals surface area (Å²) in [5.41, 5.74) is 1.20. The summed E-state index contributed by atoms with van der Waals surface area (Å²) in [7, 11) is 1.75. The molecule has 0 aromatic carbocycles. The molecule has 1 fully saturated rings. The summed E-state index contributed by atoms with van der Waals surface area (Å²) in [4.78, 5) is 6.56. The van der Waals surface area contributed by atoms with Gasteiger partial charge in [0.15, 0.2) is 0 Å². The van der Waals surface area contributed by atoms with Crippen molar-refractivity contribution in [2.24, 2.45) is 0 Å². The maximum Gasteiger partial charge on any atom is 0.128 e. The SMILES string of the molecule is COC1CN(c2ccc(C)cn2)C1. The van der Waals surface area contributed by atoms with Crippen LogP contribution in [0.2, 0.25) is 0 Å². The van der Waals surface area contributed by atoms with Crippen LogP contribution in [0.5, 0.6) is 0 Å². The van der Waals surface area contributed by atoms with E-state index < -0.39 is 0 Å². The van der Waals surface area contributed by atoms with Gasteiger partial charge < -0.3 is 9.64 Å². The molecule has 1 aliphatic heterocycles. The Kier molecular flexibility index (Phi) is 2.19. The van der Waals surface area contributed by atoms with Crippen LogP contribution in [0.15, 0.2) is 18.3 Å². The fourth-order valence-corrected chi connectivity index (χ4v) is 1.42. The fourth-order valence-electron chi connectivity index (χ4n) is 1.42. The lowest BCUT2D eigenvalue weighted by atomic mass is 10.1. The highest BCUT2D eigenvalue weighted by Gasteiger charge is 2.26. The Balaban J connectivity index is 1.99. The monoisotopic (exact) mass is 178 g/mol. The van der Waals surface area contributed by atoms with E-state index in [4.69, 9.17) is 4.74 Å². The molecule has 2 heterocycles. The number of anilines is 1. The molecule has 0 radical (unpaired) electrons. The lowest BCUT2D eigenvalue weighted by Gasteiger charge is -2.38. The van der Waals surface area contributed by atoms with Crippen LogP contribution < -0.4 is 4.90 Å². The van der Waals surface area contributed by atoms with Crippen LogP contribution in [0, 0.1) is 6.92 Å². The molecule has 0 spiro atoms. The van der Waals surface area contributed by atoms with Crippen LogP contribution in [-0.4, -0.2) is 31.3 Å². The van der Waals surface area contributed by atoms with Crippen LogP contribution in [0.25, 0.3) is 0 Å². The normalized spacial score (nSPS) is 17.2. The first-order valence-corrected chi connectivity index (χ1v) is 4.50. The van der Waals surface area contributed by atoms with Crippen molar-refractivity contribution < 1.29 is 4.74 Å². The number of rotatable bonds is 2. The molecule has 1 saturated heterocycles. The molecule has 3 heteroatoms. The molecular formula is C10H14N2O. The molecule has 2 rings (SSSR count). The number of aromatic nitrogens is 1. The van der Waals surface area contributed by atoms with E-state index in [0.717, 1.165) is 18.9 Å². The van der Waals surface area contributed by atoms with Crippen molar-refractivity contribution in [3.05, 3.63) is 23.9 Å². The third-order valence-corrected chi connectivity index (χ3v) is 2.40. The van der Waals surface area contributed by atoms with Gasteiger partial charge in [-0.2, -0.15) is 0 Å². The summed E-state index contributed by atoms with van der Waals surface area (Å²) in [5.74, 6) is 1.05. The molecule has 1 aliphatic rings. The van der Waals surface area contributed by atoms with Crippen LogP contribution in [0.4, 0.5) is 5.82 Å². The Morgan fingerprint density at radius 2 is 2.23 bits per heavy atom. The van der Waals surface area contributed by atoms with Gasteiger partial charge in [-0.05, 0) is 18.6 Å². The largest absolute Gasteiger partial charge is 0.378 e. The number of nitrogens with zero attached hydrogens (tertiary/aromatic N) is 2. The quantitative estimate of drug-likeness (QED) is 0.681. The molecular weight excluding hydrogens is 164 g/mol. The van der Waals surface area contributed by atoms with Gasteiger partial charge in [-0.15, -0.1) is 0 Å². The Hall–Kier alpha value is -1.09. The zero-order valence-electron chi connectivity index (χ0n) is 8.03. The molecule has 1 aromatic heterocycles. The summed E-state index contributed by atoms with van der Waals surface area (Å²) in [6, 6.07) is 4.14. The van der Waals surface area contributed by atoms with Crippen molar-refractivity contribution in [3.8, 4) is 0 Å². The molecule has 3 nitrogen and oxygen atoms in total. The number of methoxy groups -OCH3 is 1. The van der Waals surface area contributed by atoms with E-state index in [1.165, 1.54) is 5.56 Å². The summed E-state index contributed by atoms with van der Waals surface area (Å²) < 4.78 is 5.19. The van der Waals surface area contributed by atoms with Gasteiger partial charge in [-0.1, -0.05) is 6.07 Å².